The van der Waals surface area contributed by atoms with Crippen LogP contribution in [0.5, 0.6) is 0 Å². The van der Waals surface area contributed by atoms with Crippen LogP contribution >= 0.6 is 22.6 Å². The highest BCUT2D eigenvalue weighted by Crippen LogP contribution is 2.13. The van der Waals surface area contributed by atoms with Crippen LogP contribution in [0, 0.1) is 0 Å². The summed E-state index contributed by atoms with van der Waals surface area (Å²) in [5.41, 5.74) is 0. The zero-order valence-electron chi connectivity index (χ0n) is 11.0. The molecule has 1 amide bonds. The van der Waals surface area contributed by atoms with Crippen molar-refractivity contribution in [2.24, 2.45) is 0 Å². The minimum Gasteiger partial charge on any atom is -0.296 e. The Bertz CT molecular complexity index is 384. The van der Waals surface area contributed by atoms with Gasteiger partial charge in [-0.05, 0) is 18.9 Å². The molecule has 0 saturated heterocycles. The van der Waals surface area contributed by atoms with Gasteiger partial charge in [0.05, 0.1) is 4.43 Å². The highest BCUT2D eigenvalue weighted by Gasteiger charge is 2.15. The normalized spacial score (nSPS) is 10.4. The van der Waals surface area contributed by atoms with Crippen LogP contribution in [0.15, 0.2) is 12.3 Å². The SMILES string of the molecule is CCCCN(C(=O)CI)c1ccnc(CCC)n1. The van der Waals surface area contributed by atoms with Crippen molar-refractivity contribution in [3.8, 4) is 0 Å². The number of carbonyl (C=O) groups excluding carboxylic acids is 1. The predicted molar refractivity (Wildman–Crippen MR) is 82.2 cm³/mol. The zero-order valence-corrected chi connectivity index (χ0v) is 13.2. The molecule has 0 atom stereocenters. The summed E-state index contributed by atoms with van der Waals surface area (Å²) in [6, 6.07) is 1.82. The van der Waals surface area contributed by atoms with Crippen LogP contribution in [0.2, 0.25) is 0 Å². The Labute approximate surface area is 122 Å². The molecule has 0 fully saturated rings. The van der Waals surface area contributed by atoms with Crippen molar-refractivity contribution in [1.82, 2.24) is 9.97 Å². The summed E-state index contributed by atoms with van der Waals surface area (Å²) >= 11 is 2.10. The zero-order chi connectivity index (χ0) is 13.4. The molecular formula is C13H20IN3O. The molecule has 4 nitrogen and oxygen atoms in total. The number of nitrogens with zero attached hydrogens (tertiary/aromatic N) is 3. The van der Waals surface area contributed by atoms with Crippen molar-refractivity contribution in [3.63, 3.8) is 0 Å². The Morgan fingerprint density at radius 2 is 2.17 bits per heavy atom. The van der Waals surface area contributed by atoms with Gasteiger partial charge in [-0.15, -0.1) is 0 Å². The highest BCUT2D eigenvalue weighted by molar-refractivity contribution is 14.1. The van der Waals surface area contributed by atoms with E-state index in [1.807, 2.05) is 6.07 Å². The topological polar surface area (TPSA) is 46.1 Å². The van der Waals surface area contributed by atoms with Crippen LogP contribution in [0.3, 0.4) is 0 Å². The molecule has 0 unspecified atom stereocenters. The third-order valence-electron chi connectivity index (χ3n) is 2.59. The summed E-state index contributed by atoms with van der Waals surface area (Å²) in [4.78, 5) is 22.4. The average Bonchev–Trinajstić information content (AvgIpc) is 2.39. The van der Waals surface area contributed by atoms with Gasteiger partial charge in [0, 0.05) is 19.2 Å². The summed E-state index contributed by atoms with van der Waals surface area (Å²) in [5.74, 6) is 1.67. The summed E-state index contributed by atoms with van der Waals surface area (Å²) < 4.78 is 0.481. The van der Waals surface area contributed by atoms with Crippen molar-refractivity contribution in [2.75, 3.05) is 15.9 Å². The third kappa shape index (κ3) is 4.51. The lowest BCUT2D eigenvalue weighted by atomic mass is 10.3. The second-order valence-corrected chi connectivity index (χ2v) is 4.88. The van der Waals surface area contributed by atoms with E-state index < -0.39 is 0 Å². The molecule has 0 aliphatic carbocycles. The van der Waals surface area contributed by atoms with E-state index >= 15 is 0 Å². The van der Waals surface area contributed by atoms with Gasteiger partial charge in [0.15, 0.2) is 0 Å². The average molecular weight is 361 g/mol. The van der Waals surface area contributed by atoms with Crippen LogP contribution in [-0.4, -0.2) is 26.8 Å². The number of carbonyl (C=O) groups is 1. The molecule has 0 saturated carbocycles. The number of aryl methyl sites for hydroxylation is 1. The minimum atomic E-state index is 0.116. The number of unbranched alkanes of at least 4 members (excludes halogenated alkanes) is 1. The first kappa shape index (κ1) is 15.3. The molecular weight excluding hydrogens is 341 g/mol. The molecule has 0 N–H and O–H groups in total. The number of hydrogen-bond acceptors (Lipinski definition) is 3. The van der Waals surface area contributed by atoms with Gasteiger partial charge in [0.1, 0.15) is 11.6 Å². The number of hydrogen-bond donors (Lipinski definition) is 0. The number of amides is 1. The molecule has 0 aromatic carbocycles. The second kappa shape index (κ2) is 8.39. The van der Waals surface area contributed by atoms with Gasteiger partial charge in [-0.3, -0.25) is 9.69 Å². The first-order valence-corrected chi connectivity index (χ1v) is 7.93. The Morgan fingerprint density at radius 3 is 2.78 bits per heavy atom. The van der Waals surface area contributed by atoms with E-state index in [-0.39, 0.29) is 5.91 Å². The van der Waals surface area contributed by atoms with E-state index in [1.54, 1.807) is 11.1 Å². The van der Waals surface area contributed by atoms with Crippen molar-refractivity contribution >= 4 is 34.3 Å². The number of alkyl halides is 1. The van der Waals surface area contributed by atoms with Crippen LogP contribution in [0.1, 0.15) is 38.9 Å². The third-order valence-corrected chi connectivity index (χ3v) is 3.24. The number of halogens is 1. The molecule has 5 heteroatoms. The molecule has 1 rings (SSSR count). The smallest absolute Gasteiger partial charge is 0.237 e. The molecule has 0 aliphatic heterocycles. The first-order valence-electron chi connectivity index (χ1n) is 6.41. The minimum absolute atomic E-state index is 0.116. The maximum atomic E-state index is 11.9. The van der Waals surface area contributed by atoms with Gasteiger partial charge >= 0.3 is 0 Å². The van der Waals surface area contributed by atoms with Crippen LogP contribution in [-0.2, 0) is 11.2 Å². The van der Waals surface area contributed by atoms with Gasteiger partial charge in [0.2, 0.25) is 5.91 Å². The lowest BCUT2D eigenvalue weighted by Crippen LogP contribution is -2.33. The number of anilines is 1. The molecule has 1 aromatic rings. The van der Waals surface area contributed by atoms with Gasteiger partial charge < -0.3 is 0 Å². The maximum absolute atomic E-state index is 11.9. The molecule has 1 heterocycles. The summed E-state index contributed by atoms with van der Waals surface area (Å²) in [6.45, 7) is 4.96. The van der Waals surface area contributed by atoms with Gasteiger partial charge in [-0.25, -0.2) is 9.97 Å². The fourth-order valence-electron chi connectivity index (χ4n) is 1.64. The van der Waals surface area contributed by atoms with Crippen molar-refractivity contribution < 1.29 is 4.79 Å². The fourth-order valence-corrected chi connectivity index (χ4v) is 2.05. The van der Waals surface area contributed by atoms with Gasteiger partial charge in [0.25, 0.3) is 0 Å². The van der Waals surface area contributed by atoms with E-state index in [0.29, 0.717) is 4.43 Å². The van der Waals surface area contributed by atoms with Gasteiger partial charge in [-0.1, -0.05) is 42.9 Å². The Morgan fingerprint density at radius 1 is 1.39 bits per heavy atom. The molecule has 100 valence electrons. The van der Waals surface area contributed by atoms with Crippen LogP contribution in [0.25, 0.3) is 0 Å². The molecule has 0 radical (unpaired) electrons. The van der Waals surface area contributed by atoms with Crippen LogP contribution in [0.4, 0.5) is 5.82 Å². The van der Waals surface area contributed by atoms with Gasteiger partial charge in [-0.2, -0.15) is 0 Å². The largest absolute Gasteiger partial charge is 0.296 e. The second-order valence-electron chi connectivity index (χ2n) is 4.11. The lowest BCUT2D eigenvalue weighted by Gasteiger charge is -2.20. The van der Waals surface area contributed by atoms with Crippen molar-refractivity contribution in [3.05, 3.63) is 18.1 Å². The Kier molecular flexibility index (Phi) is 7.15. The maximum Gasteiger partial charge on any atom is 0.237 e. The van der Waals surface area contributed by atoms with Crippen LogP contribution < -0.4 is 4.90 Å². The van der Waals surface area contributed by atoms with Crippen molar-refractivity contribution in [1.29, 1.82) is 0 Å². The molecule has 0 aliphatic rings. The fraction of sp³-hybridized carbons (Fsp3) is 0.615. The molecule has 0 bridgehead atoms. The summed E-state index contributed by atoms with van der Waals surface area (Å²) in [6.07, 6.45) is 5.67. The lowest BCUT2D eigenvalue weighted by molar-refractivity contribution is -0.116. The Hall–Kier alpha value is -0.720. The molecule has 18 heavy (non-hydrogen) atoms. The van der Waals surface area contributed by atoms with E-state index in [2.05, 4.69) is 46.4 Å². The standard InChI is InChI=1S/C13H20IN3O/c1-3-5-9-17(13(18)10-14)12-7-8-15-11(16-12)6-4-2/h7-8H,3-6,9-10H2,1-2H3. The molecule has 0 spiro atoms. The van der Waals surface area contributed by atoms with E-state index in [1.165, 1.54) is 0 Å². The summed E-state index contributed by atoms with van der Waals surface area (Å²) in [7, 11) is 0. The Balaban J connectivity index is 2.89. The quantitative estimate of drug-likeness (QED) is 0.554. The summed E-state index contributed by atoms with van der Waals surface area (Å²) in [5, 5.41) is 0. The van der Waals surface area contributed by atoms with Crippen molar-refractivity contribution in [2.45, 2.75) is 39.5 Å². The van der Waals surface area contributed by atoms with E-state index in [9.17, 15) is 4.79 Å². The number of aromatic nitrogens is 2. The van der Waals surface area contributed by atoms with E-state index in [0.717, 1.165) is 43.9 Å². The number of rotatable bonds is 7. The monoisotopic (exact) mass is 361 g/mol. The highest BCUT2D eigenvalue weighted by atomic mass is 127. The predicted octanol–water partition coefficient (Wildman–Crippen LogP) is 3.00. The van der Waals surface area contributed by atoms with E-state index in [4.69, 9.17) is 0 Å². The first-order chi connectivity index (χ1) is 8.72. The molecule has 1 aromatic heterocycles.